The zero-order chi connectivity index (χ0) is 19.8. The molecule has 1 heterocycles. The van der Waals surface area contributed by atoms with Gasteiger partial charge in [-0.15, -0.1) is 0 Å². The Labute approximate surface area is 163 Å². The van der Waals surface area contributed by atoms with Gasteiger partial charge in [-0.25, -0.2) is 17.6 Å². The SMILES string of the molecule is O=C(O)c1cc(S(=O)(=O)Nc2cc3c(cc2Cl)OCCCO3)c(Cl)cc1F. The smallest absolute Gasteiger partial charge is 0.338 e. The summed E-state index contributed by atoms with van der Waals surface area (Å²) < 4.78 is 52.1. The number of sulfonamides is 1. The molecule has 0 radical (unpaired) electrons. The summed E-state index contributed by atoms with van der Waals surface area (Å²) in [4.78, 5) is 10.5. The lowest BCUT2D eigenvalue weighted by Crippen LogP contribution is -2.15. The third-order valence-corrected chi connectivity index (χ3v) is 5.77. The zero-order valence-corrected chi connectivity index (χ0v) is 15.8. The molecule has 3 rings (SSSR count). The number of aromatic carboxylic acids is 1. The van der Waals surface area contributed by atoms with Gasteiger partial charge in [0.15, 0.2) is 11.5 Å². The van der Waals surface area contributed by atoms with Crippen LogP contribution >= 0.6 is 23.2 Å². The van der Waals surface area contributed by atoms with Gasteiger partial charge in [0.25, 0.3) is 10.0 Å². The van der Waals surface area contributed by atoms with Gasteiger partial charge in [0.05, 0.1) is 34.5 Å². The molecular weight excluding hydrogens is 424 g/mol. The van der Waals surface area contributed by atoms with Gasteiger partial charge in [0.1, 0.15) is 10.7 Å². The van der Waals surface area contributed by atoms with Crippen molar-refractivity contribution in [1.82, 2.24) is 0 Å². The van der Waals surface area contributed by atoms with Crippen LogP contribution in [0.3, 0.4) is 0 Å². The van der Waals surface area contributed by atoms with E-state index in [2.05, 4.69) is 4.72 Å². The maximum Gasteiger partial charge on any atom is 0.338 e. The molecule has 0 spiro atoms. The number of benzene rings is 2. The lowest BCUT2D eigenvalue weighted by Gasteiger charge is -2.14. The molecule has 0 bridgehead atoms. The van der Waals surface area contributed by atoms with Crippen molar-refractivity contribution in [2.45, 2.75) is 11.3 Å². The van der Waals surface area contributed by atoms with E-state index < -0.39 is 37.3 Å². The lowest BCUT2D eigenvalue weighted by molar-refractivity contribution is 0.0691. The molecule has 1 aliphatic heterocycles. The molecule has 0 amide bonds. The van der Waals surface area contributed by atoms with Crippen LogP contribution in [-0.2, 0) is 10.0 Å². The maximum absolute atomic E-state index is 13.7. The summed E-state index contributed by atoms with van der Waals surface area (Å²) in [6, 6.07) is 4.00. The molecule has 0 fully saturated rings. The Hall–Kier alpha value is -2.23. The number of anilines is 1. The normalized spacial score (nSPS) is 13.7. The van der Waals surface area contributed by atoms with Crippen LogP contribution in [0.5, 0.6) is 11.5 Å². The van der Waals surface area contributed by atoms with Gasteiger partial charge in [0, 0.05) is 18.6 Å². The van der Waals surface area contributed by atoms with Crippen molar-refractivity contribution in [2.24, 2.45) is 0 Å². The number of carboxylic acid groups (broad SMARTS) is 1. The molecule has 2 N–H and O–H groups in total. The third-order valence-electron chi connectivity index (χ3n) is 3.62. The minimum absolute atomic E-state index is 0.0273. The first kappa shape index (κ1) is 19.5. The second kappa shape index (κ2) is 7.41. The molecule has 144 valence electrons. The second-order valence-electron chi connectivity index (χ2n) is 5.50. The summed E-state index contributed by atoms with van der Waals surface area (Å²) in [6.45, 7) is 0.810. The number of nitrogens with one attached hydrogen (secondary N) is 1. The number of carbonyl (C=O) groups is 1. The Bertz CT molecular complexity index is 1030. The van der Waals surface area contributed by atoms with Gasteiger partial charge in [-0.05, 0) is 12.1 Å². The van der Waals surface area contributed by atoms with Crippen molar-refractivity contribution in [1.29, 1.82) is 0 Å². The molecule has 0 aliphatic carbocycles. The van der Waals surface area contributed by atoms with Gasteiger partial charge < -0.3 is 14.6 Å². The predicted molar refractivity (Wildman–Crippen MR) is 96.2 cm³/mol. The Morgan fingerprint density at radius 1 is 1.07 bits per heavy atom. The predicted octanol–water partition coefficient (Wildman–Crippen LogP) is 3.79. The van der Waals surface area contributed by atoms with E-state index in [4.69, 9.17) is 37.8 Å². The molecule has 2 aromatic carbocycles. The second-order valence-corrected chi connectivity index (χ2v) is 7.97. The maximum atomic E-state index is 13.7. The summed E-state index contributed by atoms with van der Waals surface area (Å²) in [6.07, 6.45) is 0.649. The van der Waals surface area contributed by atoms with Crippen molar-refractivity contribution in [3.05, 3.63) is 45.7 Å². The van der Waals surface area contributed by atoms with Gasteiger partial charge in [-0.1, -0.05) is 23.2 Å². The van der Waals surface area contributed by atoms with Gasteiger partial charge in [-0.3, -0.25) is 4.72 Å². The molecule has 0 unspecified atom stereocenters. The zero-order valence-electron chi connectivity index (χ0n) is 13.5. The minimum Gasteiger partial charge on any atom is -0.490 e. The first-order chi connectivity index (χ1) is 12.7. The lowest BCUT2D eigenvalue weighted by atomic mass is 10.2. The average Bonchev–Trinajstić information content (AvgIpc) is 2.79. The summed E-state index contributed by atoms with van der Waals surface area (Å²) in [5, 5.41) is 8.54. The van der Waals surface area contributed by atoms with E-state index in [0.29, 0.717) is 43.3 Å². The molecule has 0 atom stereocenters. The van der Waals surface area contributed by atoms with Gasteiger partial charge >= 0.3 is 5.97 Å². The van der Waals surface area contributed by atoms with Crippen LogP contribution in [0.25, 0.3) is 0 Å². The van der Waals surface area contributed by atoms with Crippen LogP contribution in [0.15, 0.2) is 29.2 Å². The highest BCUT2D eigenvalue weighted by Gasteiger charge is 2.25. The first-order valence-corrected chi connectivity index (χ1v) is 9.77. The van der Waals surface area contributed by atoms with Crippen molar-refractivity contribution in [3.8, 4) is 11.5 Å². The number of rotatable bonds is 4. The molecule has 0 saturated carbocycles. The highest BCUT2D eigenvalue weighted by Crippen LogP contribution is 2.39. The number of halogens is 3. The molecule has 27 heavy (non-hydrogen) atoms. The fourth-order valence-corrected chi connectivity index (χ4v) is 4.23. The van der Waals surface area contributed by atoms with E-state index in [1.54, 1.807) is 0 Å². The van der Waals surface area contributed by atoms with E-state index in [9.17, 15) is 17.6 Å². The molecular formula is C16H12Cl2FNO6S. The van der Waals surface area contributed by atoms with E-state index in [-0.39, 0.29) is 10.7 Å². The van der Waals surface area contributed by atoms with Crippen molar-refractivity contribution in [2.75, 3.05) is 17.9 Å². The molecule has 2 aromatic rings. The number of fused-ring (bicyclic) bond motifs is 1. The molecule has 11 heteroatoms. The summed E-state index contributed by atoms with van der Waals surface area (Å²) in [5.74, 6) is -2.12. The van der Waals surface area contributed by atoms with Crippen molar-refractivity contribution >= 4 is 44.9 Å². The first-order valence-electron chi connectivity index (χ1n) is 7.53. The molecule has 0 aromatic heterocycles. The fourth-order valence-electron chi connectivity index (χ4n) is 2.36. The fraction of sp³-hybridized carbons (Fsp3) is 0.188. The molecule has 7 nitrogen and oxygen atoms in total. The minimum atomic E-state index is -4.37. The van der Waals surface area contributed by atoms with Gasteiger partial charge in [-0.2, -0.15) is 0 Å². The topological polar surface area (TPSA) is 102 Å². The van der Waals surface area contributed by atoms with Crippen molar-refractivity contribution < 1.29 is 32.2 Å². The largest absolute Gasteiger partial charge is 0.490 e. The Balaban J connectivity index is 2.02. The highest BCUT2D eigenvalue weighted by atomic mass is 35.5. The van der Waals surface area contributed by atoms with E-state index in [0.717, 1.165) is 0 Å². The Morgan fingerprint density at radius 2 is 1.70 bits per heavy atom. The van der Waals surface area contributed by atoms with E-state index >= 15 is 0 Å². The number of carboxylic acids is 1. The highest BCUT2D eigenvalue weighted by molar-refractivity contribution is 7.92. The Kier molecular flexibility index (Phi) is 5.36. The molecule has 0 saturated heterocycles. The summed E-state index contributed by atoms with van der Waals surface area (Å²) in [5.41, 5.74) is -0.859. The van der Waals surface area contributed by atoms with Crippen LogP contribution in [0.2, 0.25) is 10.0 Å². The van der Waals surface area contributed by atoms with Crippen LogP contribution < -0.4 is 14.2 Å². The van der Waals surface area contributed by atoms with Gasteiger partial charge in [0.2, 0.25) is 0 Å². The quantitative estimate of drug-likeness (QED) is 0.756. The Morgan fingerprint density at radius 3 is 2.33 bits per heavy atom. The standard InChI is InChI=1S/C16H12Cl2FNO6S/c17-9-6-13-14(26-3-1-2-25-13)7-12(9)20-27(23,24)15-4-8(16(21)22)11(19)5-10(15)18/h4-7,20H,1-3H2,(H,21,22). The van der Waals surface area contributed by atoms with Crippen LogP contribution in [0.4, 0.5) is 10.1 Å². The molecule has 1 aliphatic rings. The third kappa shape index (κ3) is 4.05. The monoisotopic (exact) mass is 435 g/mol. The number of hydrogen-bond acceptors (Lipinski definition) is 5. The van der Waals surface area contributed by atoms with E-state index in [1.807, 2.05) is 0 Å². The average molecular weight is 436 g/mol. The van der Waals surface area contributed by atoms with E-state index in [1.165, 1.54) is 12.1 Å². The van der Waals surface area contributed by atoms with Crippen molar-refractivity contribution in [3.63, 3.8) is 0 Å². The van der Waals surface area contributed by atoms with Crippen LogP contribution in [0, 0.1) is 5.82 Å². The van der Waals surface area contributed by atoms with Crippen LogP contribution in [0.1, 0.15) is 16.8 Å². The summed E-state index contributed by atoms with van der Waals surface area (Å²) in [7, 11) is -4.37. The number of hydrogen-bond donors (Lipinski definition) is 2. The summed E-state index contributed by atoms with van der Waals surface area (Å²) >= 11 is 11.9. The number of ether oxygens (including phenoxy) is 2. The van der Waals surface area contributed by atoms with Crippen LogP contribution in [-0.4, -0.2) is 32.7 Å².